The van der Waals surface area contributed by atoms with Crippen molar-refractivity contribution in [1.82, 2.24) is 0 Å². The van der Waals surface area contributed by atoms with Crippen molar-refractivity contribution in [3.8, 4) is 5.75 Å². The lowest BCUT2D eigenvalue weighted by atomic mass is 10.2. The number of nitrogen functional groups attached to an aromatic ring is 1. The number of rotatable bonds is 5. The molecular formula is C13H20N2O. The second-order valence-corrected chi connectivity index (χ2v) is 4.21. The van der Waals surface area contributed by atoms with Crippen molar-refractivity contribution in [2.24, 2.45) is 0 Å². The Kier molecular flexibility index (Phi) is 3.22. The Morgan fingerprint density at radius 3 is 2.62 bits per heavy atom. The summed E-state index contributed by atoms with van der Waals surface area (Å²) in [6.45, 7) is 5.88. The highest BCUT2D eigenvalue weighted by atomic mass is 16.5. The second kappa shape index (κ2) is 4.64. The second-order valence-electron chi connectivity index (χ2n) is 4.21. The van der Waals surface area contributed by atoms with Crippen LogP contribution >= 0.6 is 0 Å². The van der Waals surface area contributed by atoms with E-state index in [0.717, 1.165) is 18.0 Å². The van der Waals surface area contributed by atoms with Crippen LogP contribution in [0.3, 0.4) is 0 Å². The van der Waals surface area contributed by atoms with Gasteiger partial charge in [0.1, 0.15) is 5.75 Å². The van der Waals surface area contributed by atoms with Crippen molar-refractivity contribution in [2.45, 2.75) is 32.7 Å². The van der Waals surface area contributed by atoms with E-state index >= 15 is 0 Å². The average Bonchev–Trinajstić information content (AvgIpc) is 3.03. The van der Waals surface area contributed by atoms with Gasteiger partial charge in [-0.25, -0.2) is 0 Å². The van der Waals surface area contributed by atoms with Crippen LogP contribution in [-0.4, -0.2) is 19.2 Å². The first-order valence-electron chi connectivity index (χ1n) is 6.04. The fraction of sp³-hybridized carbons (Fsp3) is 0.538. The van der Waals surface area contributed by atoms with Gasteiger partial charge in [0, 0.05) is 36.1 Å². The molecule has 3 nitrogen and oxygen atoms in total. The van der Waals surface area contributed by atoms with Gasteiger partial charge in [0.25, 0.3) is 0 Å². The zero-order valence-electron chi connectivity index (χ0n) is 10.1. The molecule has 0 spiro atoms. The van der Waals surface area contributed by atoms with E-state index in [2.05, 4.69) is 17.9 Å². The van der Waals surface area contributed by atoms with Crippen molar-refractivity contribution in [1.29, 1.82) is 0 Å². The lowest BCUT2D eigenvalue weighted by Crippen LogP contribution is -2.25. The average molecular weight is 220 g/mol. The molecule has 2 rings (SSSR count). The van der Waals surface area contributed by atoms with E-state index in [1.165, 1.54) is 18.5 Å². The SMILES string of the molecule is CCOc1cc(N)cc(N(CC)C2CC2)c1. The minimum Gasteiger partial charge on any atom is -0.494 e. The third-order valence-electron chi connectivity index (χ3n) is 2.88. The smallest absolute Gasteiger partial charge is 0.123 e. The van der Waals surface area contributed by atoms with E-state index in [9.17, 15) is 0 Å². The van der Waals surface area contributed by atoms with Crippen LogP contribution in [0.25, 0.3) is 0 Å². The summed E-state index contributed by atoms with van der Waals surface area (Å²) < 4.78 is 5.52. The lowest BCUT2D eigenvalue weighted by Gasteiger charge is -2.23. The molecule has 3 heteroatoms. The van der Waals surface area contributed by atoms with Crippen molar-refractivity contribution >= 4 is 11.4 Å². The van der Waals surface area contributed by atoms with Gasteiger partial charge in [-0.1, -0.05) is 0 Å². The Morgan fingerprint density at radius 1 is 1.31 bits per heavy atom. The molecule has 0 bridgehead atoms. The number of anilines is 2. The normalized spacial score (nSPS) is 14.9. The van der Waals surface area contributed by atoms with Crippen LogP contribution in [0, 0.1) is 0 Å². The van der Waals surface area contributed by atoms with Crippen LogP contribution in [0.4, 0.5) is 11.4 Å². The largest absolute Gasteiger partial charge is 0.494 e. The molecule has 1 aromatic carbocycles. The van der Waals surface area contributed by atoms with Crippen molar-refractivity contribution < 1.29 is 4.74 Å². The van der Waals surface area contributed by atoms with E-state index in [-0.39, 0.29) is 0 Å². The monoisotopic (exact) mass is 220 g/mol. The van der Waals surface area contributed by atoms with Crippen molar-refractivity contribution in [2.75, 3.05) is 23.8 Å². The molecule has 0 saturated heterocycles. The maximum Gasteiger partial charge on any atom is 0.123 e. The zero-order chi connectivity index (χ0) is 11.5. The molecule has 0 aliphatic heterocycles. The van der Waals surface area contributed by atoms with E-state index < -0.39 is 0 Å². The first-order valence-corrected chi connectivity index (χ1v) is 6.04. The molecule has 0 aromatic heterocycles. The number of hydrogen-bond donors (Lipinski definition) is 1. The van der Waals surface area contributed by atoms with Crippen LogP contribution in [0.1, 0.15) is 26.7 Å². The fourth-order valence-corrected chi connectivity index (χ4v) is 2.06. The molecular weight excluding hydrogens is 200 g/mol. The third kappa shape index (κ3) is 2.40. The quantitative estimate of drug-likeness (QED) is 0.775. The van der Waals surface area contributed by atoms with Crippen molar-refractivity contribution in [3.05, 3.63) is 18.2 Å². The first-order chi connectivity index (χ1) is 7.74. The molecule has 1 aliphatic rings. The van der Waals surface area contributed by atoms with Gasteiger partial charge in [0.05, 0.1) is 6.61 Å². The van der Waals surface area contributed by atoms with E-state index in [4.69, 9.17) is 10.5 Å². The topological polar surface area (TPSA) is 38.5 Å². The molecule has 16 heavy (non-hydrogen) atoms. The molecule has 1 aliphatic carbocycles. The molecule has 0 atom stereocenters. The summed E-state index contributed by atoms with van der Waals surface area (Å²) in [5, 5.41) is 0. The molecule has 1 fully saturated rings. The highest BCUT2D eigenvalue weighted by molar-refractivity contribution is 5.61. The van der Waals surface area contributed by atoms with Crippen LogP contribution in [0.2, 0.25) is 0 Å². The summed E-state index contributed by atoms with van der Waals surface area (Å²) in [4.78, 5) is 2.40. The van der Waals surface area contributed by atoms with Gasteiger partial charge in [-0.05, 0) is 32.8 Å². The lowest BCUT2D eigenvalue weighted by molar-refractivity contribution is 0.340. The number of hydrogen-bond acceptors (Lipinski definition) is 3. The molecule has 88 valence electrons. The van der Waals surface area contributed by atoms with E-state index in [1.807, 2.05) is 19.1 Å². The molecule has 0 heterocycles. The number of nitrogens with zero attached hydrogens (tertiary/aromatic N) is 1. The summed E-state index contributed by atoms with van der Waals surface area (Å²) in [7, 11) is 0. The first kappa shape index (κ1) is 11.1. The number of ether oxygens (including phenoxy) is 1. The summed E-state index contributed by atoms with van der Waals surface area (Å²) in [6.07, 6.45) is 2.60. The Hall–Kier alpha value is -1.38. The standard InChI is InChI=1S/C13H20N2O/c1-3-15(11-5-6-11)12-7-10(14)8-13(9-12)16-4-2/h7-9,11H,3-6,14H2,1-2H3. The van der Waals surface area contributed by atoms with Crippen LogP contribution in [0.15, 0.2) is 18.2 Å². The van der Waals surface area contributed by atoms with Gasteiger partial charge in [0.15, 0.2) is 0 Å². The predicted octanol–water partition coefficient (Wildman–Crippen LogP) is 2.66. The Labute approximate surface area is 97.2 Å². The highest BCUT2D eigenvalue weighted by Crippen LogP contribution is 2.34. The Bertz CT molecular complexity index is 361. The fourth-order valence-electron chi connectivity index (χ4n) is 2.06. The summed E-state index contributed by atoms with van der Waals surface area (Å²) in [6, 6.07) is 6.71. The molecule has 0 amide bonds. The minimum absolute atomic E-state index is 0.679. The summed E-state index contributed by atoms with van der Waals surface area (Å²) >= 11 is 0. The predicted molar refractivity (Wildman–Crippen MR) is 68.1 cm³/mol. The zero-order valence-corrected chi connectivity index (χ0v) is 10.1. The van der Waals surface area contributed by atoms with Gasteiger partial charge in [-0.3, -0.25) is 0 Å². The minimum atomic E-state index is 0.679. The van der Waals surface area contributed by atoms with E-state index in [1.54, 1.807) is 0 Å². The van der Waals surface area contributed by atoms with E-state index in [0.29, 0.717) is 12.6 Å². The molecule has 0 radical (unpaired) electrons. The summed E-state index contributed by atoms with van der Waals surface area (Å²) in [5.41, 5.74) is 7.86. The number of nitrogens with two attached hydrogens (primary N) is 1. The maximum atomic E-state index is 5.90. The maximum absolute atomic E-state index is 5.90. The molecule has 2 N–H and O–H groups in total. The Morgan fingerprint density at radius 2 is 2.06 bits per heavy atom. The van der Waals surface area contributed by atoms with Gasteiger partial charge in [-0.2, -0.15) is 0 Å². The van der Waals surface area contributed by atoms with Crippen LogP contribution in [0.5, 0.6) is 5.75 Å². The molecule has 1 aromatic rings. The van der Waals surface area contributed by atoms with Gasteiger partial charge < -0.3 is 15.4 Å². The summed E-state index contributed by atoms with van der Waals surface area (Å²) in [5.74, 6) is 0.872. The van der Waals surface area contributed by atoms with Crippen molar-refractivity contribution in [3.63, 3.8) is 0 Å². The molecule has 1 saturated carbocycles. The van der Waals surface area contributed by atoms with Gasteiger partial charge in [-0.15, -0.1) is 0 Å². The number of benzene rings is 1. The van der Waals surface area contributed by atoms with Gasteiger partial charge >= 0.3 is 0 Å². The molecule has 0 unspecified atom stereocenters. The van der Waals surface area contributed by atoms with Gasteiger partial charge in [0.2, 0.25) is 0 Å². The van der Waals surface area contributed by atoms with Crippen LogP contribution in [-0.2, 0) is 0 Å². The highest BCUT2D eigenvalue weighted by Gasteiger charge is 2.28. The Balaban J connectivity index is 2.24. The third-order valence-corrected chi connectivity index (χ3v) is 2.88. The van der Waals surface area contributed by atoms with Crippen LogP contribution < -0.4 is 15.4 Å².